The SMILES string of the molecule is CCOC(=O)C1=C(C)N=c2s/c(=C\c3cc(Br)cc(I)c3OC)c(=O)n2[C@H]1c1cccs1. The van der Waals surface area contributed by atoms with E-state index in [4.69, 9.17) is 9.47 Å². The number of carbonyl (C=O) groups is 1. The lowest BCUT2D eigenvalue weighted by Crippen LogP contribution is -2.39. The van der Waals surface area contributed by atoms with Gasteiger partial charge < -0.3 is 9.47 Å². The summed E-state index contributed by atoms with van der Waals surface area (Å²) in [5, 5.41) is 1.93. The van der Waals surface area contributed by atoms with Gasteiger partial charge in [-0.15, -0.1) is 11.3 Å². The van der Waals surface area contributed by atoms with Crippen LogP contribution in [-0.2, 0) is 9.53 Å². The minimum atomic E-state index is -0.572. The monoisotopic (exact) mass is 644 g/mol. The number of ether oxygens (including phenoxy) is 2. The van der Waals surface area contributed by atoms with Crippen molar-refractivity contribution < 1.29 is 14.3 Å². The second-order valence-electron chi connectivity index (χ2n) is 6.83. The summed E-state index contributed by atoms with van der Waals surface area (Å²) in [4.78, 5) is 32.4. The number of allylic oxidation sites excluding steroid dienone is 1. The molecule has 3 heterocycles. The molecule has 166 valence electrons. The molecule has 3 aromatic rings. The van der Waals surface area contributed by atoms with E-state index >= 15 is 0 Å². The summed E-state index contributed by atoms with van der Waals surface area (Å²) in [6.45, 7) is 3.79. The van der Waals surface area contributed by atoms with Crippen LogP contribution in [0.25, 0.3) is 6.08 Å². The van der Waals surface area contributed by atoms with Gasteiger partial charge in [0.15, 0.2) is 4.80 Å². The van der Waals surface area contributed by atoms with Gasteiger partial charge in [-0.1, -0.05) is 33.3 Å². The number of benzene rings is 1. The zero-order valence-corrected chi connectivity index (χ0v) is 22.7. The maximum atomic E-state index is 13.6. The number of carbonyl (C=O) groups excluding carboxylic acids is 1. The molecule has 2 aromatic heterocycles. The average molecular weight is 645 g/mol. The molecule has 1 aliphatic rings. The number of esters is 1. The highest BCUT2D eigenvalue weighted by Gasteiger charge is 2.33. The Morgan fingerprint density at radius 2 is 2.19 bits per heavy atom. The van der Waals surface area contributed by atoms with Crippen LogP contribution in [0.15, 0.2) is 55.2 Å². The zero-order valence-electron chi connectivity index (χ0n) is 17.3. The molecule has 0 N–H and O–H groups in total. The lowest BCUT2D eigenvalue weighted by Gasteiger charge is -2.23. The van der Waals surface area contributed by atoms with Crippen LogP contribution in [0.2, 0.25) is 0 Å². The third-order valence-corrected chi connectivity index (χ3v) is 8.02. The Kier molecular flexibility index (Phi) is 7.03. The fourth-order valence-electron chi connectivity index (χ4n) is 3.55. The molecule has 0 spiro atoms. The van der Waals surface area contributed by atoms with Gasteiger partial charge in [0, 0.05) is 14.9 Å². The molecule has 10 heteroatoms. The molecule has 0 radical (unpaired) electrons. The summed E-state index contributed by atoms with van der Waals surface area (Å²) in [6, 6.07) is 7.11. The van der Waals surface area contributed by atoms with Crippen LogP contribution >= 0.6 is 61.2 Å². The Bertz CT molecular complexity index is 1410. The fraction of sp³-hybridized carbons (Fsp3) is 0.227. The molecule has 6 nitrogen and oxygen atoms in total. The third kappa shape index (κ3) is 4.25. The molecule has 1 atom stereocenters. The predicted octanol–water partition coefficient (Wildman–Crippen LogP) is 4.24. The van der Waals surface area contributed by atoms with Crippen molar-refractivity contribution in [2.75, 3.05) is 13.7 Å². The Morgan fingerprint density at radius 1 is 1.41 bits per heavy atom. The molecule has 0 fully saturated rings. The number of rotatable bonds is 5. The van der Waals surface area contributed by atoms with E-state index in [2.05, 4.69) is 43.5 Å². The summed E-state index contributed by atoms with van der Waals surface area (Å²) >= 11 is 8.49. The third-order valence-electron chi connectivity index (χ3n) is 4.86. The predicted molar refractivity (Wildman–Crippen MR) is 138 cm³/mol. The van der Waals surface area contributed by atoms with E-state index < -0.39 is 12.0 Å². The standard InChI is InChI=1S/C22H18BrIN2O4S2/c1-4-30-21(28)17-11(2)25-22-26(18(17)15-6-5-7-31-15)20(27)16(32-22)9-12-8-13(23)10-14(24)19(12)29-3/h5-10,18H,4H2,1-3H3/b16-9-/t18-/m0/s1. The van der Waals surface area contributed by atoms with Crippen LogP contribution in [0.4, 0.5) is 0 Å². The minimum Gasteiger partial charge on any atom is -0.495 e. The fourth-order valence-corrected chi connectivity index (χ4v) is 7.18. The van der Waals surface area contributed by atoms with Gasteiger partial charge >= 0.3 is 5.97 Å². The van der Waals surface area contributed by atoms with E-state index in [1.807, 2.05) is 35.7 Å². The summed E-state index contributed by atoms with van der Waals surface area (Å²) in [6.07, 6.45) is 1.81. The van der Waals surface area contributed by atoms with Crippen molar-refractivity contribution in [1.29, 1.82) is 0 Å². The molecular weight excluding hydrogens is 627 g/mol. The molecule has 1 aromatic carbocycles. The van der Waals surface area contributed by atoms with E-state index in [9.17, 15) is 9.59 Å². The number of thiophene rings is 1. The molecule has 0 saturated heterocycles. The van der Waals surface area contributed by atoms with Crippen LogP contribution < -0.4 is 19.6 Å². The number of nitrogens with zero attached hydrogens (tertiary/aromatic N) is 2. The van der Waals surface area contributed by atoms with Gasteiger partial charge in [-0.05, 0) is 66.1 Å². The smallest absolute Gasteiger partial charge is 0.338 e. The lowest BCUT2D eigenvalue weighted by atomic mass is 10.0. The van der Waals surface area contributed by atoms with E-state index in [0.29, 0.717) is 26.4 Å². The molecular formula is C22H18BrIN2O4S2. The van der Waals surface area contributed by atoms with Gasteiger partial charge in [0.25, 0.3) is 5.56 Å². The molecule has 0 amide bonds. The van der Waals surface area contributed by atoms with Crippen LogP contribution in [-0.4, -0.2) is 24.3 Å². The zero-order chi connectivity index (χ0) is 23.0. The number of fused-ring (bicyclic) bond motifs is 1. The average Bonchev–Trinajstić information content (AvgIpc) is 3.36. The van der Waals surface area contributed by atoms with Crippen molar-refractivity contribution in [2.45, 2.75) is 19.9 Å². The van der Waals surface area contributed by atoms with Gasteiger partial charge in [0.2, 0.25) is 0 Å². The number of aromatic nitrogens is 1. The molecule has 32 heavy (non-hydrogen) atoms. The second-order valence-corrected chi connectivity index (χ2v) is 10.9. The molecule has 0 unspecified atom stereocenters. The first kappa shape index (κ1) is 23.4. The highest BCUT2D eigenvalue weighted by atomic mass is 127. The Balaban J connectivity index is 1.97. The molecule has 4 rings (SSSR count). The van der Waals surface area contributed by atoms with E-state index in [1.54, 1.807) is 25.5 Å². The number of halogens is 2. The van der Waals surface area contributed by atoms with Crippen molar-refractivity contribution in [3.8, 4) is 5.75 Å². The van der Waals surface area contributed by atoms with Crippen molar-refractivity contribution in [3.63, 3.8) is 0 Å². The number of thiazole rings is 1. The molecule has 0 aliphatic carbocycles. The van der Waals surface area contributed by atoms with Crippen molar-refractivity contribution in [1.82, 2.24) is 4.57 Å². The van der Waals surface area contributed by atoms with Crippen molar-refractivity contribution in [2.24, 2.45) is 4.99 Å². The van der Waals surface area contributed by atoms with Gasteiger partial charge in [0.05, 0.1) is 33.1 Å². The first-order chi connectivity index (χ1) is 15.3. The van der Waals surface area contributed by atoms with E-state index in [-0.39, 0.29) is 12.2 Å². The lowest BCUT2D eigenvalue weighted by molar-refractivity contribution is -0.139. The summed E-state index contributed by atoms with van der Waals surface area (Å²) in [5.74, 6) is 0.238. The highest BCUT2D eigenvalue weighted by Crippen LogP contribution is 2.33. The van der Waals surface area contributed by atoms with Gasteiger partial charge in [-0.2, -0.15) is 0 Å². The van der Waals surface area contributed by atoms with Gasteiger partial charge in [0.1, 0.15) is 11.8 Å². The van der Waals surface area contributed by atoms with Crippen molar-refractivity contribution in [3.05, 3.63) is 79.1 Å². The largest absolute Gasteiger partial charge is 0.495 e. The number of hydrogen-bond donors (Lipinski definition) is 0. The summed E-state index contributed by atoms with van der Waals surface area (Å²) < 4.78 is 14.8. The van der Waals surface area contributed by atoms with Crippen molar-refractivity contribution >= 4 is 73.2 Å². The Labute approximate surface area is 214 Å². The summed E-state index contributed by atoms with van der Waals surface area (Å²) in [5.41, 5.74) is 1.52. The minimum absolute atomic E-state index is 0.210. The molecule has 0 saturated carbocycles. The van der Waals surface area contributed by atoms with Gasteiger partial charge in [-0.3, -0.25) is 9.36 Å². The number of methoxy groups -OCH3 is 1. The maximum Gasteiger partial charge on any atom is 0.338 e. The van der Waals surface area contributed by atoms with Crippen LogP contribution in [0.1, 0.15) is 30.3 Å². The molecule has 0 bridgehead atoms. The Morgan fingerprint density at radius 3 is 2.84 bits per heavy atom. The number of hydrogen-bond acceptors (Lipinski definition) is 7. The Hall–Kier alpha value is -1.76. The van der Waals surface area contributed by atoms with E-state index in [0.717, 1.165) is 18.5 Å². The maximum absolute atomic E-state index is 13.6. The second kappa shape index (κ2) is 9.62. The normalized spacial score (nSPS) is 16.0. The first-order valence-corrected chi connectivity index (χ1v) is 13.2. The van der Waals surface area contributed by atoms with Crippen LogP contribution in [0.5, 0.6) is 5.75 Å². The highest BCUT2D eigenvalue weighted by molar-refractivity contribution is 14.1. The van der Waals surface area contributed by atoms with Crippen LogP contribution in [0, 0.1) is 3.57 Å². The molecule has 1 aliphatic heterocycles. The quantitative estimate of drug-likeness (QED) is 0.308. The van der Waals surface area contributed by atoms with Crippen LogP contribution in [0.3, 0.4) is 0 Å². The summed E-state index contributed by atoms with van der Waals surface area (Å²) in [7, 11) is 1.61. The van der Waals surface area contributed by atoms with Gasteiger partial charge in [-0.25, -0.2) is 9.79 Å². The van der Waals surface area contributed by atoms with E-state index in [1.165, 1.54) is 22.7 Å². The topological polar surface area (TPSA) is 69.9 Å². The first-order valence-electron chi connectivity index (χ1n) is 9.61.